The number of sulfonamides is 1. The molecule has 184 valence electrons. The van der Waals surface area contributed by atoms with Crippen molar-refractivity contribution in [1.29, 1.82) is 0 Å². The van der Waals surface area contributed by atoms with Gasteiger partial charge in [0.1, 0.15) is 0 Å². The van der Waals surface area contributed by atoms with Gasteiger partial charge in [0, 0.05) is 29.0 Å². The molecule has 2 N–H and O–H groups in total. The van der Waals surface area contributed by atoms with Crippen LogP contribution >= 0.6 is 15.9 Å². The molecule has 2 fully saturated rings. The minimum Gasteiger partial charge on any atom is -0.380 e. The Morgan fingerprint density at radius 2 is 1.85 bits per heavy atom. The van der Waals surface area contributed by atoms with E-state index in [0.717, 1.165) is 0 Å². The standard InChI is InChI=1S/C21H26BrF3N2O5S/c22-15-5-4-6-16(11-15)27(19(29)14-12-20(30,13-14)21(23,24)25)10-3-1-2-7-18(28)26-33(31,32)17-8-9-17/h4-6,11,14,17,30H,1-3,7-10,12-13H2,(H,26,28). The molecule has 2 aliphatic carbocycles. The van der Waals surface area contributed by atoms with Crippen molar-refractivity contribution in [3.05, 3.63) is 28.7 Å². The Bertz CT molecular complexity index is 992. The molecule has 2 aliphatic rings. The number of benzene rings is 1. The highest BCUT2D eigenvalue weighted by Crippen LogP contribution is 2.49. The molecule has 0 saturated heterocycles. The van der Waals surface area contributed by atoms with Crippen molar-refractivity contribution >= 4 is 43.5 Å². The predicted molar refractivity (Wildman–Crippen MR) is 119 cm³/mol. The van der Waals surface area contributed by atoms with E-state index >= 15 is 0 Å². The largest absolute Gasteiger partial charge is 0.417 e. The molecule has 1 aromatic rings. The minimum atomic E-state index is -4.78. The molecule has 12 heteroatoms. The van der Waals surface area contributed by atoms with Crippen LogP contribution < -0.4 is 9.62 Å². The van der Waals surface area contributed by atoms with Gasteiger partial charge in [-0.3, -0.25) is 14.3 Å². The van der Waals surface area contributed by atoms with Crippen LogP contribution in [0.3, 0.4) is 0 Å². The average molecular weight is 555 g/mol. The van der Waals surface area contributed by atoms with Crippen LogP contribution in [0, 0.1) is 5.92 Å². The van der Waals surface area contributed by atoms with Crippen LogP contribution in [0.15, 0.2) is 28.7 Å². The lowest BCUT2D eigenvalue weighted by Crippen LogP contribution is -2.59. The SMILES string of the molecule is O=C(CCCCCN(C(=O)C1CC(O)(C(F)(F)F)C1)c1cccc(Br)c1)NS(=O)(=O)C1CC1. The van der Waals surface area contributed by atoms with Crippen LogP contribution in [-0.2, 0) is 19.6 Å². The fraction of sp³-hybridized carbons (Fsp3) is 0.619. The maximum absolute atomic E-state index is 13.0. The zero-order valence-electron chi connectivity index (χ0n) is 17.8. The van der Waals surface area contributed by atoms with Crippen LogP contribution in [0.5, 0.6) is 0 Å². The second kappa shape index (κ2) is 9.91. The van der Waals surface area contributed by atoms with E-state index in [-0.39, 0.29) is 13.0 Å². The summed E-state index contributed by atoms with van der Waals surface area (Å²) in [5.41, 5.74) is -2.31. The Labute approximate surface area is 198 Å². The maximum atomic E-state index is 13.0. The molecular formula is C21H26BrF3N2O5S. The fourth-order valence-electron chi connectivity index (χ4n) is 3.80. The van der Waals surface area contributed by atoms with Gasteiger partial charge in [-0.05, 0) is 56.7 Å². The first-order valence-electron chi connectivity index (χ1n) is 10.7. The highest BCUT2D eigenvalue weighted by Gasteiger charge is 2.63. The number of amides is 2. The first-order chi connectivity index (χ1) is 15.3. The van der Waals surface area contributed by atoms with Crippen LogP contribution in [0.1, 0.15) is 51.4 Å². The summed E-state index contributed by atoms with van der Waals surface area (Å²) < 4.78 is 65.2. The Morgan fingerprint density at radius 3 is 2.42 bits per heavy atom. The number of hydrogen-bond acceptors (Lipinski definition) is 5. The molecule has 0 aromatic heterocycles. The zero-order valence-corrected chi connectivity index (χ0v) is 20.2. The summed E-state index contributed by atoms with van der Waals surface area (Å²) in [7, 11) is -3.58. The van der Waals surface area contributed by atoms with E-state index in [2.05, 4.69) is 20.7 Å². The summed E-state index contributed by atoms with van der Waals surface area (Å²) in [4.78, 5) is 26.2. The molecule has 2 saturated carbocycles. The summed E-state index contributed by atoms with van der Waals surface area (Å²) in [6, 6.07) is 6.82. The zero-order chi connectivity index (χ0) is 24.4. The number of hydrogen-bond donors (Lipinski definition) is 2. The monoisotopic (exact) mass is 554 g/mol. The minimum absolute atomic E-state index is 0.0258. The molecule has 0 bridgehead atoms. The molecule has 0 aliphatic heterocycles. The molecule has 0 heterocycles. The summed E-state index contributed by atoms with van der Waals surface area (Å²) in [6.07, 6.45) is -3.58. The van der Waals surface area contributed by atoms with Gasteiger partial charge >= 0.3 is 6.18 Å². The Kier molecular flexibility index (Phi) is 7.79. The molecule has 33 heavy (non-hydrogen) atoms. The van der Waals surface area contributed by atoms with Crippen LogP contribution in [0.4, 0.5) is 18.9 Å². The van der Waals surface area contributed by atoms with E-state index in [4.69, 9.17) is 0 Å². The molecule has 0 spiro atoms. The van der Waals surface area contributed by atoms with Gasteiger partial charge in [0.2, 0.25) is 21.8 Å². The fourth-order valence-corrected chi connectivity index (χ4v) is 5.53. The van der Waals surface area contributed by atoms with E-state index in [9.17, 15) is 36.3 Å². The quantitative estimate of drug-likeness (QED) is 0.429. The van der Waals surface area contributed by atoms with Gasteiger partial charge in [0.15, 0.2) is 5.60 Å². The van der Waals surface area contributed by atoms with Gasteiger partial charge < -0.3 is 10.0 Å². The molecule has 7 nitrogen and oxygen atoms in total. The van der Waals surface area contributed by atoms with Crippen molar-refractivity contribution in [2.75, 3.05) is 11.4 Å². The molecule has 1 aromatic carbocycles. The summed E-state index contributed by atoms with van der Waals surface area (Å²) >= 11 is 3.32. The molecule has 3 rings (SSSR count). The summed E-state index contributed by atoms with van der Waals surface area (Å²) in [6.45, 7) is 0.220. The summed E-state index contributed by atoms with van der Waals surface area (Å²) in [5.74, 6) is -1.99. The molecular weight excluding hydrogens is 529 g/mol. The van der Waals surface area contributed by atoms with Crippen LogP contribution in [0.25, 0.3) is 0 Å². The lowest BCUT2D eigenvalue weighted by atomic mass is 9.69. The number of unbranched alkanes of at least 4 members (excludes halogenated alkanes) is 2. The lowest BCUT2D eigenvalue weighted by molar-refractivity contribution is -0.295. The third kappa shape index (κ3) is 6.48. The Hall–Kier alpha value is -1.66. The number of alkyl halides is 3. The number of nitrogens with zero attached hydrogens (tertiary/aromatic N) is 1. The highest BCUT2D eigenvalue weighted by atomic mass is 79.9. The first kappa shape index (κ1) is 26.0. The predicted octanol–water partition coefficient (Wildman–Crippen LogP) is 3.65. The van der Waals surface area contributed by atoms with Crippen molar-refractivity contribution in [2.45, 2.75) is 68.4 Å². The van der Waals surface area contributed by atoms with Gasteiger partial charge in [-0.25, -0.2) is 8.42 Å². The van der Waals surface area contributed by atoms with Crippen molar-refractivity contribution < 1.29 is 36.3 Å². The van der Waals surface area contributed by atoms with Gasteiger partial charge in [-0.15, -0.1) is 0 Å². The number of halogens is 4. The number of aliphatic hydroxyl groups is 1. The third-order valence-electron chi connectivity index (χ3n) is 5.94. The Morgan fingerprint density at radius 1 is 1.18 bits per heavy atom. The van der Waals surface area contributed by atoms with Crippen molar-refractivity contribution in [3.8, 4) is 0 Å². The van der Waals surface area contributed by atoms with Crippen LogP contribution in [0.2, 0.25) is 0 Å². The second-order valence-corrected chi connectivity index (χ2v) is 11.6. The van der Waals surface area contributed by atoms with E-state index in [0.29, 0.717) is 42.3 Å². The molecule has 2 amide bonds. The number of rotatable bonds is 10. The normalized spacial score (nSPS) is 23.0. The molecule has 0 radical (unpaired) electrons. The lowest BCUT2D eigenvalue weighted by Gasteiger charge is -2.45. The van der Waals surface area contributed by atoms with Gasteiger partial charge in [-0.2, -0.15) is 13.2 Å². The molecule has 0 atom stereocenters. The van der Waals surface area contributed by atoms with E-state index in [1.54, 1.807) is 24.3 Å². The van der Waals surface area contributed by atoms with Gasteiger partial charge in [0.25, 0.3) is 0 Å². The van der Waals surface area contributed by atoms with Crippen molar-refractivity contribution in [1.82, 2.24) is 4.72 Å². The second-order valence-electron chi connectivity index (χ2n) is 8.68. The van der Waals surface area contributed by atoms with Gasteiger partial charge in [0.05, 0.1) is 5.25 Å². The van der Waals surface area contributed by atoms with Crippen molar-refractivity contribution in [2.24, 2.45) is 5.92 Å². The first-order valence-corrected chi connectivity index (χ1v) is 13.1. The average Bonchev–Trinajstić information content (AvgIpc) is 3.52. The van der Waals surface area contributed by atoms with E-state index in [1.807, 2.05) is 0 Å². The summed E-state index contributed by atoms with van der Waals surface area (Å²) in [5, 5.41) is 9.22. The van der Waals surface area contributed by atoms with Gasteiger partial charge in [-0.1, -0.05) is 28.4 Å². The van der Waals surface area contributed by atoms with E-state index < -0.39 is 57.6 Å². The van der Waals surface area contributed by atoms with E-state index in [1.165, 1.54) is 4.90 Å². The number of carbonyl (C=O) groups excluding carboxylic acids is 2. The van der Waals surface area contributed by atoms with Crippen LogP contribution in [-0.4, -0.2) is 48.9 Å². The topological polar surface area (TPSA) is 104 Å². The molecule has 0 unspecified atom stereocenters. The number of carbonyl (C=O) groups is 2. The number of nitrogens with one attached hydrogen (secondary N) is 1. The third-order valence-corrected chi connectivity index (χ3v) is 8.29. The van der Waals surface area contributed by atoms with Crippen molar-refractivity contribution in [3.63, 3.8) is 0 Å². The number of anilines is 1. The smallest absolute Gasteiger partial charge is 0.380 e. The Balaban J connectivity index is 1.53. The maximum Gasteiger partial charge on any atom is 0.417 e. The highest BCUT2D eigenvalue weighted by molar-refractivity contribution is 9.10.